The Bertz CT molecular complexity index is 7250. The van der Waals surface area contributed by atoms with E-state index in [4.69, 9.17) is 24.7 Å². The molecule has 0 fully saturated rings. The Morgan fingerprint density at radius 3 is 1.03 bits per heavy atom. The minimum Gasteiger partial charge on any atom is -0.512 e. The van der Waals surface area contributed by atoms with Gasteiger partial charge in [0, 0.05) is 142 Å². The molecule has 0 amide bonds. The number of benzene rings is 13. The Morgan fingerprint density at radius 1 is 0.286 bits per heavy atom. The van der Waals surface area contributed by atoms with Gasteiger partial charge in [0.15, 0.2) is 17.3 Å². The summed E-state index contributed by atoms with van der Waals surface area (Å²) >= 11 is 0. The van der Waals surface area contributed by atoms with Crippen LogP contribution >= 0.6 is 0 Å². The zero-order chi connectivity index (χ0) is 101. The van der Waals surface area contributed by atoms with Crippen LogP contribution in [0.4, 0.5) is 0 Å². The SMILES string of the molecule is CC(O)=CC(=O)CCCCCCCCc1cccc2c(-c3[c-]cccc3)nccc12.CC(O)=CC(=O)CCCOCCOCc1cccc2c(-c3[c-]cccc3)nccc12.CC(O)=CC(=O)CCCc1ccc(Cc2cccc3c(-c4[c-]c(C)cc(C)c4)nccc23)cc1.Cc1[c-]c(-c2nccc3ccccc23)cc(C)c1.[Ir].[Ir].[Ir].[c-]1ccccc1-c1nccc2ccccc12.[c-]1ccccc1-c1nccc2ccccc12. The number of aromatic nitrogens is 6. The first-order valence-electron chi connectivity index (χ1n) is 49.3. The van der Waals surface area contributed by atoms with Crippen LogP contribution < -0.4 is 0 Å². The summed E-state index contributed by atoms with van der Waals surface area (Å²) in [6, 6.07) is 125. The minimum atomic E-state index is -0.0900. The van der Waals surface area contributed by atoms with Crippen LogP contribution in [0, 0.1) is 64.1 Å². The molecule has 0 atom stereocenters. The predicted molar refractivity (Wildman–Crippen MR) is 587 cm³/mol. The van der Waals surface area contributed by atoms with Crippen molar-refractivity contribution in [2.24, 2.45) is 0 Å². The summed E-state index contributed by atoms with van der Waals surface area (Å²) in [5.41, 5.74) is 23.0. The summed E-state index contributed by atoms with van der Waals surface area (Å²) in [4.78, 5) is 62.0. The number of fused-ring (bicyclic) bond motifs is 6. The van der Waals surface area contributed by atoms with Crippen molar-refractivity contribution in [1.82, 2.24) is 29.9 Å². The van der Waals surface area contributed by atoms with Gasteiger partial charge in [0.1, 0.15) is 0 Å². The second kappa shape index (κ2) is 59.4. The van der Waals surface area contributed by atoms with Crippen LogP contribution in [0.5, 0.6) is 0 Å². The Kier molecular flexibility index (Phi) is 45.7. The number of aryl methyl sites for hydroxylation is 6. The van der Waals surface area contributed by atoms with E-state index in [2.05, 4.69) is 253 Å². The molecule has 3 radical (unpaired) electrons. The van der Waals surface area contributed by atoms with Crippen LogP contribution in [0.3, 0.4) is 0 Å². The second-order valence-electron chi connectivity index (χ2n) is 35.8. The van der Waals surface area contributed by atoms with Gasteiger partial charge in [-0.1, -0.05) is 205 Å². The molecule has 3 N–H and O–H groups in total. The molecule has 0 saturated carbocycles. The summed E-state index contributed by atoms with van der Waals surface area (Å²) < 4.78 is 11.3. The molecule has 0 aliphatic heterocycles. The number of unbranched alkanes of at least 4 members (excludes halogenated alkanes) is 5. The zero-order valence-electron chi connectivity index (χ0n) is 83.9. The molecular weight excluding hydrogens is 2350 g/mol. The van der Waals surface area contributed by atoms with E-state index in [1.807, 2.05) is 183 Å². The van der Waals surface area contributed by atoms with Gasteiger partial charge in [-0.15, -0.1) is 213 Å². The molecule has 0 aliphatic carbocycles. The predicted octanol–water partition coefficient (Wildman–Crippen LogP) is 31.0. The monoisotopic (exact) mass is 2470 g/mol. The van der Waals surface area contributed by atoms with E-state index in [0.29, 0.717) is 52.1 Å². The molecule has 13 aromatic carbocycles. The molecule has 17 heteroatoms. The maximum absolute atomic E-state index is 11.7. The van der Waals surface area contributed by atoms with Gasteiger partial charge in [0.25, 0.3) is 0 Å². The van der Waals surface area contributed by atoms with Gasteiger partial charge in [-0.05, 0) is 229 Å². The number of aliphatic hydroxyl groups excluding tert-OH is 3. The summed E-state index contributed by atoms with van der Waals surface area (Å²) in [7, 11) is 0. The third kappa shape index (κ3) is 34.2. The standard InChI is InChI=1S/C31H30NO2.C27H30NO2.C25H26NO4.C17H14N.2C15H10N.3Ir/c1-21-16-22(2)18-27(17-21)31-30-9-5-7-26(29(30)14-15-32-31)20-25-12-10-24(11-13-25)6-4-8-28(34)19-23(3)33;1-21(29)20-24(30)16-10-5-3-2-4-7-12-22-15-11-17-26-25(22)18-19-28-27(26)23-13-8-6-9-14-23;1-19(27)17-22(28)10-6-14-29-15-16-30-18-21-9-5-11-24-23(21)12-13-26-25(24)20-7-3-2-4-8-20;1-12-9-13(2)11-15(10-12)17-16-6-4-3-5-14(16)7-8-18-17;2*1-2-7-13(8-3-1)15-14-9-5-4-6-12(14)10-11-16-15;;;/h5,7,9-17,19,33H,4,6,8,20H2,1-3H3;6,8-9,11,13,15,17-20,29H,2-5,7,10,12,16H2,1H3;2-5,7,9,11-13,17,27H,6,10,14-16,18H2,1H3;3-10H,1-2H3;2*1-7,9-11H;;;/q6*-1;;;. The van der Waals surface area contributed by atoms with Gasteiger partial charge in [-0.25, -0.2) is 0 Å². The summed E-state index contributed by atoms with van der Waals surface area (Å²) in [5, 5.41) is 41.5. The number of hydrogen-bond donors (Lipinski definition) is 3. The number of aliphatic hydroxyl groups is 3. The number of ketones is 3. The fraction of sp³-hybridized carbons (Fsp3) is 0.192. The van der Waals surface area contributed by atoms with Gasteiger partial charge in [0.2, 0.25) is 0 Å². The first kappa shape index (κ1) is 113. The van der Waals surface area contributed by atoms with Crippen LogP contribution in [0.15, 0.2) is 382 Å². The van der Waals surface area contributed by atoms with Gasteiger partial charge >= 0.3 is 0 Å². The zero-order valence-corrected chi connectivity index (χ0v) is 91.1. The van der Waals surface area contributed by atoms with Gasteiger partial charge in [-0.3, -0.25) is 14.4 Å². The molecule has 6 heterocycles. The fourth-order valence-electron chi connectivity index (χ4n) is 17.7. The minimum absolute atomic E-state index is 0. The third-order valence-electron chi connectivity index (χ3n) is 24.2. The van der Waals surface area contributed by atoms with Crippen LogP contribution in [-0.2, 0) is 110 Å². The first-order chi connectivity index (χ1) is 70.3. The molecule has 0 aliphatic rings. The van der Waals surface area contributed by atoms with Crippen molar-refractivity contribution in [2.45, 2.75) is 145 Å². The number of rotatable bonds is 33. The van der Waals surface area contributed by atoms with Crippen molar-refractivity contribution >= 4 is 82.0 Å². The first-order valence-corrected chi connectivity index (χ1v) is 49.3. The number of nitrogens with zero attached hydrogens (tertiary/aromatic N) is 6. The quantitative estimate of drug-likeness (QED) is 0.0151. The number of carbonyl (C=O) groups is 3. The number of allylic oxidation sites excluding steroid dienone is 6. The van der Waals surface area contributed by atoms with Crippen LogP contribution in [-0.4, -0.2) is 82.4 Å². The van der Waals surface area contributed by atoms with E-state index >= 15 is 0 Å². The van der Waals surface area contributed by atoms with Crippen molar-refractivity contribution in [1.29, 1.82) is 0 Å². The molecule has 0 unspecified atom stereocenters. The molecular formula is C130H120Ir3N6O8-6. The van der Waals surface area contributed by atoms with Crippen LogP contribution in [0.2, 0.25) is 0 Å². The van der Waals surface area contributed by atoms with Crippen molar-refractivity contribution in [3.05, 3.63) is 469 Å². The Morgan fingerprint density at radius 2 is 0.612 bits per heavy atom. The summed E-state index contributed by atoms with van der Waals surface area (Å²) in [5.74, 6) is 0.101. The number of pyridine rings is 6. The molecule has 6 aromatic heterocycles. The molecule has 19 aromatic rings. The molecule has 19 rings (SSSR count). The molecule has 0 bridgehead atoms. The molecule has 147 heavy (non-hydrogen) atoms. The largest absolute Gasteiger partial charge is 0.512 e. The Balaban J connectivity index is 0.000000171. The van der Waals surface area contributed by atoms with Crippen molar-refractivity contribution in [3.63, 3.8) is 0 Å². The van der Waals surface area contributed by atoms with Gasteiger partial charge in [-0.2, -0.15) is 0 Å². The fourth-order valence-corrected chi connectivity index (χ4v) is 17.7. The second-order valence-corrected chi connectivity index (χ2v) is 35.8. The summed E-state index contributed by atoms with van der Waals surface area (Å²) in [6.07, 6.45) is 27.2. The van der Waals surface area contributed by atoms with Crippen LogP contribution in [0.25, 0.3) is 132 Å². The summed E-state index contributed by atoms with van der Waals surface area (Å²) in [6.45, 7) is 14.8. The van der Waals surface area contributed by atoms with Gasteiger partial charge < -0.3 is 54.7 Å². The van der Waals surface area contributed by atoms with E-state index in [1.54, 1.807) is 0 Å². The van der Waals surface area contributed by atoms with Crippen molar-refractivity contribution in [2.75, 3.05) is 19.8 Å². The third-order valence-corrected chi connectivity index (χ3v) is 24.2. The maximum Gasteiger partial charge on any atom is 0.159 e. The average molecular weight is 2470 g/mol. The van der Waals surface area contributed by atoms with Crippen molar-refractivity contribution < 1.29 is 99.5 Å². The van der Waals surface area contributed by atoms with Gasteiger partial charge in [0.05, 0.1) is 37.1 Å². The maximum atomic E-state index is 11.7. The van der Waals surface area contributed by atoms with Crippen molar-refractivity contribution in [3.8, 4) is 67.5 Å². The normalized spacial score (nSPS) is 11.1. The molecule has 0 spiro atoms. The smallest absolute Gasteiger partial charge is 0.159 e. The molecule has 14 nitrogen and oxygen atoms in total. The average Bonchev–Trinajstić information content (AvgIpc) is 0.784. The Hall–Kier alpha value is -14.2. The molecule has 0 saturated heterocycles. The van der Waals surface area contributed by atoms with E-state index in [0.717, 1.165) is 145 Å². The topological polar surface area (TPSA) is 208 Å². The number of carbonyl (C=O) groups excluding carboxylic acids is 3. The Labute approximate surface area is 904 Å². The van der Waals surface area contributed by atoms with E-state index in [-0.39, 0.29) is 94.9 Å². The van der Waals surface area contributed by atoms with E-state index < -0.39 is 0 Å². The molecule has 751 valence electrons. The van der Waals surface area contributed by atoms with E-state index in [9.17, 15) is 19.5 Å². The van der Waals surface area contributed by atoms with Crippen LogP contribution in [0.1, 0.15) is 141 Å². The number of ether oxygens (including phenoxy) is 2. The van der Waals surface area contributed by atoms with E-state index in [1.165, 1.54) is 140 Å². The number of hydrogen-bond acceptors (Lipinski definition) is 14.